The number of anilines is 1. The summed E-state index contributed by atoms with van der Waals surface area (Å²) in [6.45, 7) is 10.3. The lowest BCUT2D eigenvalue weighted by Gasteiger charge is -2.30. The molecule has 0 aliphatic carbocycles. The molecule has 0 spiro atoms. The molecule has 3 aromatic carbocycles. The van der Waals surface area contributed by atoms with Gasteiger partial charge in [0.15, 0.2) is 5.84 Å². The van der Waals surface area contributed by atoms with Gasteiger partial charge in [0.1, 0.15) is 0 Å². The fourth-order valence-electron chi connectivity index (χ4n) is 5.44. The van der Waals surface area contributed by atoms with E-state index in [9.17, 15) is 9.90 Å². The fourth-order valence-corrected chi connectivity index (χ4v) is 5.44. The number of nitrogens with two attached hydrogens (primary N) is 1. The Morgan fingerprint density at radius 3 is 2.55 bits per heavy atom. The number of amidine groups is 1. The lowest BCUT2D eigenvalue weighted by atomic mass is 9.98. The standard InChI is InChI=1S/C34H46N6O2/c1-5-37-39-33(35)30-12-8-7-11-29(30)26-16-14-25(15-17-26)22-40-23-28(19-18-27-10-6-9-13-31(27)40)38-32(42)20-34(3,4)36-21-24(2)41/h6-17,24,28,36-37,41H,5,18-23H2,1-4H3,(H2,35,39)(H,38,42). The molecule has 2 unspecified atom stereocenters. The van der Waals surface area contributed by atoms with E-state index in [1.165, 1.54) is 16.8 Å². The fraction of sp³-hybridized carbons (Fsp3) is 0.412. The summed E-state index contributed by atoms with van der Waals surface area (Å²) >= 11 is 0. The van der Waals surface area contributed by atoms with Gasteiger partial charge in [-0.1, -0.05) is 66.7 Å². The molecule has 3 aromatic rings. The molecule has 0 bridgehead atoms. The van der Waals surface area contributed by atoms with Crippen molar-refractivity contribution in [3.05, 3.63) is 89.5 Å². The molecule has 6 N–H and O–H groups in total. The van der Waals surface area contributed by atoms with Gasteiger partial charge in [0.2, 0.25) is 5.91 Å². The van der Waals surface area contributed by atoms with Gasteiger partial charge in [-0.05, 0) is 68.9 Å². The zero-order valence-electron chi connectivity index (χ0n) is 25.4. The quantitative estimate of drug-likeness (QED) is 0.127. The van der Waals surface area contributed by atoms with E-state index in [0.717, 1.165) is 42.6 Å². The molecule has 2 atom stereocenters. The minimum atomic E-state index is -0.458. The summed E-state index contributed by atoms with van der Waals surface area (Å²) in [6.07, 6.45) is 1.68. The van der Waals surface area contributed by atoms with Gasteiger partial charge < -0.3 is 31.8 Å². The number of β-amino-alcohol motifs (C(OH)–C–C–N with tert-alkyl or cyclic N) is 1. The smallest absolute Gasteiger partial charge is 0.222 e. The number of nitrogens with zero attached hydrogens (tertiary/aromatic N) is 2. The average Bonchev–Trinajstić information content (AvgIpc) is 3.14. The number of carbonyl (C=O) groups is 1. The van der Waals surface area contributed by atoms with E-state index in [1.807, 2.05) is 39.0 Å². The third kappa shape index (κ3) is 8.57. The molecule has 1 aliphatic rings. The highest BCUT2D eigenvalue weighted by Gasteiger charge is 2.26. The van der Waals surface area contributed by atoms with Crippen LogP contribution in [0.5, 0.6) is 0 Å². The number of aliphatic hydroxyl groups is 1. The SMILES string of the molecule is CCN/N=C(\N)c1ccccc1-c1ccc(CN2CC(NC(=O)CC(C)(C)NCC(C)O)CCc3ccccc32)cc1. The molecule has 0 radical (unpaired) electrons. The molecule has 0 saturated carbocycles. The summed E-state index contributed by atoms with van der Waals surface area (Å²) in [5.41, 5.74) is 15.5. The minimum Gasteiger partial charge on any atom is -0.392 e. The molecular weight excluding hydrogens is 524 g/mol. The summed E-state index contributed by atoms with van der Waals surface area (Å²) in [5, 5.41) is 20.5. The zero-order chi connectivity index (χ0) is 30.1. The highest BCUT2D eigenvalue weighted by atomic mass is 16.3. The number of para-hydroxylation sites is 1. The second kappa shape index (κ2) is 14.3. The maximum absolute atomic E-state index is 13.1. The summed E-state index contributed by atoms with van der Waals surface area (Å²) in [5.74, 6) is 0.488. The van der Waals surface area contributed by atoms with E-state index in [-0.39, 0.29) is 11.9 Å². The van der Waals surface area contributed by atoms with Crippen LogP contribution in [0, 0.1) is 0 Å². The number of carbonyl (C=O) groups excluding carboxylic acids is 1. The number of hydrogen-bond donors (Lipinski definition) is 5. The third-order valence-electron chi connectivity index (χ3n) is 7.58. The predicted molar refractivity (Wildman–Crippen MR) is 172 cm³/mol. The summed E-state index contributed by atoms with van der Waals surface area (Å²) in [4.78, 5) is 15.5. The number of benzene rings is 3. The number of hydrogen-bond acceptors (Lipinski definition) is 6. The molecule has 1 aliphatic heterocycles. The monoisotopic (exact) mass is 570 g/mol. The van der Waals surface area contributed by atoms with Crippen molar-refractivity contribution in [1.82, 2.24) is 16.1 Å². The van der Waals surface area contributed by atoms with E-state index in [1.54, 1.807) is 6.92 Å². The molecule has 0 aromatic heterocycles. The molecule has 0 saturated heterocycles. The van der Waals surface area contributed by atoms with E-state index in [4.69, 9.17) is 5.73 Å². The van der Waals surface area contributed by atoms with Crippen molar-refractivity contribution >= 4 is 17.4 Å². The van der Waals surface area contributed by atoms with Crippen LogP contribution in [0.1, 0.15) is 57.2 Å². The van der Waals surface area contributed by atoms with Crippen LogP contribution in [0.4, 0.5) is 5.69 Å². The van der Waals surface area contributed by atoms with Gasteiger partial charge in [-0.3, -0.25) is 4.79 Å². The number of aryl methyl sites for hydroxylation is 1. The first-order chi connectivity index (χ1) is 20.1. The summed E-state index contributed by atoms with van der Waals surface area (Å²) < 4.78 is 0. The Balaban J connectivity index is 1.49. The van der Waals surface area contributed by atoms with Crippen LogP contribution in [0.3, 0.4) is 0 Å². The molecule has 1 amide bonds. The van der Waals surface area contributed by atoms with Crippen LogP contribution >= 0.6 is 0 Å². The van der Waals surface area contributed by atoms with Crippen LogP contribution in [0.25, 0.3) is 11.1 Å². The topological polar surface area (TPSA) is 115 Å². The Morgan fingerprint density at radius 1 is 1.10 bits per heavy atom. The number of aliphatic hydroxyl groups excluding tert-OH is 1. The largest absolute Gasteiger partial charge is 0.392 e. The number of nitrogens with one attached hydrogen (secondary N) is 3. The highest BCUT2D eigenvalue weighted by molar-refractivity contribution is 6.03. The molecule has 8 nitrogen and oxygen atoms in total. The number of fused-ring (bicyclic) bond motifs is 1. The van der Waals surface area contributed by atoms with Gasteiger partial charge in [0, 0.05) is 55.4 Å². The van der Waals surface area contributed by atoms with E-state index in [0.29, 0.717) is 25.3 Å². The van der Waals surface area contributed by atoms with Crippen molar-refractivity contribution in [1.29, 1.82) is 0 Å². The van der Waals surface area contributed by atoms with Crippen LogP contribution in [-0.2, 0) is 17.8 Å². The van der Waals surface area contributed by atoms with Crippen LogP contribution < -0.4 is 26.7 Å². The summed E-state index contributed by atoms with van der Waals surface area (Å²) in [7, 11) is 0. The first-order valence-electron chi connectivity index (χ1n) is 14.9. The molecule has 8 heteroatoms. The van der Waals surface area contributed by atoms with Crippen LogP contribution in [-0.4, -0.2) is 54.2 Å². The second-order valence-corrected chi connectivity index (χ2v) is 11.9. The number of hydrazone groups is 1. The lowest BCUT2D eigenvalue weighted by molar-refractivity contribution is -0.123. The van der Waals surface area contributed by atoms with Crippen LogP contribution in [0.2, 0.25) is 0 Å². The van der Waals surface area contributed by atoms with Gasteiger partial charge in [0.25, 0.3) is 0 Å². The van der Waals surface area contributed by atoms with Gasteiger partial charge >= 0.3 is 0 Å². The van der Waals surface area contributed by atoms with E-state index in [2.05, 4.69) is 80.7 Å². The Hall–Kier alpha value is -3.88. The van der Waals surface area contributed by atoms with Gasteiger partial charge in [-0.2, -0.15) is 5.10 Å². The highest BCUT2D eigenvalue weighted by Crippen LogP contribution is 2.29. The molecule has 42 heavy (non-hydrogen) atoms. The van der Waals surface area contributed by atoms with E-state index >= 15 is 0 Å². The molecule has 224 valence electrons. The van der Waals surface area contributed by atoms with Gasteiger partial charge in [0.05, 0.1) is 6.10 Å². The summed E-state index contributed by atoms with van der Waals surface area (Å²) in [6, 6.07) is 25.2. The van der Waals surface area contributed by atoms with Crippen molar-refractivity contribution in [2.75, 3.05) is 24.5 Å². The third-order valence-corrected chi connectivity index (χ3v) is 7.58. The van der Waals surface area contributed by atoms with Crippen molar-refractivity contribution in [2.24, 2.45) is 10.8 Å². The predicted octanol–water partition coefficient (Wildman–Crippen LogP) is 4.16. The van der Waals surface area contributed by atoms with Crippen LogP contribution in [0.15, 0.2) is 77.9 Å². The minimum absolute atomic E-state index is 0.0222. The van der Waals surface area contributed by atoms with E-state index < -0.39 is 11.6 Å². The maximum Gasteiger partial charge on any atom is 0.222 e. The Morgan fingerprint density at radius 2 is 1.81 bits per heavy atom. The first-order valence-corrected chi connectivity index (χ1v) is 14.9. The Labute approximate surface area is 250 Å². The van der Waals surface area contributed by atoms with Crippen molar-refractivity contribution < 1.29 is 9.90 Å². The van der Waals surface area contributed by atoms with Crippen molar-refractivity contribution in [2.45, 2.75) is 71.2 Å². The molecular formula is C34H46N6O2. The average molecular weight is 571 g/mol. The van der Waals surface area contributed by atoms with Crippen molar-refractivity contribution in [3.63, 3.8) is 0 Å². The molecule has 1 heterocycles. The first kappa shape index (κ1) is 31.1. The van der Waals surface area contributed by atoms with Gasteiger partial charge in [-0.25, -0.2) is 0 Å². The lowest BCUT2D eigenvalue weighted by Crippen LogP contribution is -2.49. The normalized spacial score (nSPS) is 16.4. The van der Waals surface area contributed by atoms with Gasteiger partial charge in [-0.15, -0.1) is 0 Å². The molecule has 4 rings (SSSR count). The zero-order valence-corrected chi connectivity index (χ0v) is 25.4. The Kier molecular flexibility index (Phi) is 10.6. The van der Waals surface area contributed by atoms with Crippen molar-refractivity contribution in [3.8, 4) is 11.1 Å². The second-order valence-electron chi connectivity index (χ2n) is 11.9. The Bertz CT molecular complexity index is 1350. The number of amides is 1. The number of rotatable bonds is 12. The maximum atomic E-state index is 13.1. The molecule has 0 fully saturated rings.